The molecule has 5 heteroatoms. The Bertz CT molecular complexity index is 454. The maximum absolute atomic E-state index is 13.0. The van der Waals surface area contributed by atoms with Crippen LogP contribution < -0.4 is 3.53 Å². The first-order valence-corrected chi connectivity index (χ1v) is 11.9. The second-order valence-electron chi connectivity index (χ2n) is 9.89. The molecule has 3 aliphatic rings. The van der Waals surface area contributed by atoms with Gasteiger partial charge in [0.15, 0.2) is 0 Å². The van der Waals surface area contributed by atoms with Gasteiger partial charge in [0.05, 0.1) is 0 Å². The van der Waals surface area contributed by atoms with Crippen LogP contribution in [0.15, 0.2) is 0 Å². The number of carbonyl (C=O) groups excluding carboxylic acids is 1. The van der Waals surface area contributed by atoms with Gasteiger partial charge in [0.25, 0.3) is 0 Å². The standard InChI is InChI=1S/C21H38IN3O/c1-21(2,3)17-10-14-25(15-11-17)20(26)16-8-12-24(13-9-16)19-6-4-18(23-22)5-7-19/h16-19,23H,4-15H2,1-3H3. The smallest absolute Gasteiger partial charge is 0.225 e. The van der Waals surface area contributed by atoms with E-state index in [4.69, 9.17) is 0 Å². The van der Waals surface area contributed by atoms with Crippen molar-refractivity contribution in [2.45, 2.75) is 84.2 Å². The third-order valence-electron chi connectivity index (χ3n) is 7.28. The van der Waals surface area contributed by atoms with Crippen LogP contribution in [-0.4, -0.2) is 54.0 Å². The molecule has 4 nitrogen and oxygen atoms in total. The molecule has 0 spiro atoms. The van der Waals surface area contributed by atoms with Crippen molar-refractivity contribution in [2.24, 2.45) is 17.3 Å². The zero-order chi connectivity index (χ0) is 18.7. The van der Waals surface area contributed by atoms with Gasteiger partial charge in [-0.15, -0.1) is 0 Å². The Morgan fingerprint density at radius 2 is 1.46 bits per heavy atom. The van der Waals surface area contributed by atoms with Crippen molar-refractivity contribution in [1.29, 1.82) is 0 Å². The Morgan fingerprint density at radius 1 is 0.885 bits per heavy atom. The number of hydrogen-bond acceptors (Lipinski definition) is 3. The highest BCUT2D eigenvalue weighted by atomic mass is 127. The minimum absolute atomic E-state index is 0.282. The van der Waals surface area contributed by atoms with E-state index in [1.54, 1.807) is 0 Å². The predicted molar refractivity (Wildman–Crippen MR) is 116 cm³/mol. The number of halogens is 1. The average molecular weight is 475 g/mol. The molecule has 2 heterocycles. The van der Waals surface area contributed by atoms with Gasteiger partial charge >= 0.3 is 0 Å². The van der Waals surface area contributed by atoms with E-state index in [0.717, 1.165) is 51.0 Å². The first-order valence-electron chi connectivity index (χ1n) is 10.8. The van der Waals surface area contributed by atoms with Gasteiger partial charge in [-0.2, -0.15) is 0 Å². The minimum atomic E-state index is 0.282. The molecule has 2 saturated heterocycles. The lowest BCUT2D eigenvalue weighted by molar-refractivity contribution is -0.139. The monoisotopic (exact) mass is 475 g/mol. The highest BCUT2D eigenvalue weighted by Crippen LogP contribution is 2.35. The number of nitrogens with zero attached hydrogens (tertiary/aromatic N) is 2. The molecule has 1 amide bonds. The Labute approximate surface area is 174 Å². The molecule has 150 valence electrons. The summed E-state index contributed by atoms with van der Waals surface area (Å²) < 4.78 is 3.40. The summed E-state index contributed by atoms with van der Waals surface area (Å²) >= 11 is 2.30. The van der Waals surface area contributed by atoms with Gasteiger partial charge in [-0.1, -0.05) is 20.8 Å². The fourth-order valence-electron chi connectivity index (χ4n) is 5.29. The van der Waals surface area contributed by atoms with Gasteiger partial charge in [-0.25, -0.2) is 0 Å². The summed E-state index contributed by atoms with van der Waals surface area (Å²) in [6.07, 6.45) is 9.75. The van der Waals surface area contributed by atoms with E-state index in [0.29, 0.717) is 17.4 Å². The molecule has 2 aliphatic heterocycles. The second kappa shape index (κ2) is 9.08. The van der Waals surface area contributed by atoms with E-state index in [-0.39, 0.29) is 5.92 Å². The van der Waals surface area contributed by atoms with Crippen LogP contribution in [0, 0.1) is 17.3 Å². The number of rotatable bonds is 3. The van der Waals surface area contributed by atoms with E-state index in [2.05, 4.69) is 57.0 Å². The summed E-state index contributed by atoms with van der Waals surface area (Å²) in [5.41, 5.74) is 0.381. The van der Waals surface area contributed by atoms with Gasteiger partial charge < -0.3 is 9.80 Å². The number of piperidine rings is 2. The van der Waals surface area contributed by atoms with Crippen molar-refractivity contribution in [3.05, 3.63) is 0 Å². The maximum atomic E-state index is 13.0. The van der Waals surface area contributed by atoms with Crippen LogP contribution in [0.5, 0.6) is 0 Å². The van der Waals surface area contributed by atoms with Crippen LogP contribution >= 0.6 is 22.9 Å². The molecule has 0 atom stereocenters. The van der Waals surface area contributed by atoms with Crippen molar-refractivity contribution >= 4 is 28.8 Å². The Morgan fingerprint density at radius 3 is 1.96 bits per heavy atom. The molecule has 1 aliphatic carbocycles. The summed E-state index contributed by atoms with van der Waals surface area (Å²) in [5.74, 6) is 1.50. The van der Waals surface area contributed by atoms with Crippen LogP contribution in [0.1, 0.15) is 72.1 Å². The quantitative estimate of drug-likeness (QED) is 0.490. The van der Waals surface area contributed by atoms with E-state index >= 15 is 0 Å². The van der Waals surface area contributed by atoms with Crippen LogP contribution in [0.4, 0.5) is 0 Å². The summed E-state index contributed by atoms with van der Waals surface area (Å²) in [7, 11) is 0. The highest BCUT2D eigenvalue weighted by molar-refractivity contribution is 14.1. The molecule has 3 fully saturated rings. The van der Waals surface area contributed by atoms with Gasteiger partial charge in [-0.3, -0.25) is 8.32 Å². The van der Waals surface area contributed by atoms with Crippen molar-refractivity contribution in [3.8, 4) is 0 Å². The molecule has 0 aromatic carbocycles. The fraction of sp³-hybridized carbons (Fsp3) is 0.952. The molecule has 0 aromatic heterocycles. The Kier molecular flexibility index (Phi) is 7.28. The van der Waals surface area contributed by atoms with E-state index in [1.807, 2.05) is 0 Å². The number of likely N-dealkylation sites (tertiary alicyclic amines) is 2. The Balaban J connectivity index is 1.42. The molecule has 3 rings (SSSR count). The third-order valence-corrected chi connectivity index (χ3v) is 8.16. The molecule has 26 heavy (non-hydrogen) atoms. The minimum Gasteiger partial charge on any atom is -0.342 e. The van der Waals surface area contributed by atoms with Gasteiger partial charge in [-0.05, 0) is 75.8 Å². The van der Waals surface area contributed by atoms with Crippen molar-refractivity contribution in [2.75, 3.05) is 26.2 Å². The number of hydrogen-bond donors (Lipinski definition) is 1. The summed E-state index contributed by atoms with van der Waals surface area (Å²) in [6, 6.07) is 1.47. The number of amides is 1. The lowest BCUT2D eigenvalue weighted by Gasteiger charge is -2.43. The lowest BCUT2D eigenvalue weighted by atomic mass is 9.75. The van der Waals surface area contributed by atoms with Crippen molar-refractivity contribution in [1.82, 2.24) is 13.3 Å². The molecule has 0 unspecified atom stereocenters. The molecular weight excluding hydrogens is 437 g/mol. The molecule has 0 aromatic rings. The van der Waals surface area contributed by atoms with Gasteiger partial charge in [0, 0.05) is 54.0 Å². The molecule has 0 radical (unpaired) electrons. The van der Waals surface area contributed by atoms with Gasteiger partial charge in [0.1, 0.15) is 0 Å². The second-order valence-corrected chi connectivity index (χ2v) is 10.5. The topological polar surface area (TPSA) is 35.6 Å². The number of nitrogens with one attached hydrogen (secondary N) is 1. The third kappa shape index (κ3) is 5.13. The molecular formula is C21H38IN3O. The maximum Gasteiger partial charge on any atom is 0.225 e. The molecule has 1 N–H and O–H groups in total. The first-order chi connectivity index (χ1) is 12.4. The largest absolute Gasteiger partial charge is 0.342 e. The van der Waals surface area contributed by atoms with E-state index in [9.17, 15) is 4.79 Å². The number of carbonyl (C=O) groups is 1. The van der Waals surface area contributed by atoms with Crippen molar-refractivity contribution < 1.29 is 4.79 Å². The van der Waals surface area contributed by atoms with Crippen LogP contribution in [-0.2, 0) is 4.79 Å². The van der Waals surface area contributed by atoms with Crippen LogP contribution in [0.25, 0.3) is 0 Å². The Hall–Kier alpha value is 0.120. The molecule has 0 bridgehead atoms. The van der Waals surface area contributed by atoms with E-state index in [1.165, 1.54) is 38.5 Å². The zero-order valence-corrected chi connectivity index (χ0v) is 19.1. The highest BCUT2D eigenvalue weighted by Gasteiger charge is 2.35. The van der Waals surface area contributed by atoms with E-state index < -0.39 is 0 Å². The predicted octanol–water partition coefficient (Wildman–Crippen LogP) is 4.23. The summed E-state index contributed by atoms with van der Waals surface area (Å²) in [5, 5.41) is 0. The van der Waals surface area contributed by atoms with Gasteiger partial charge in [0.2, 0.25) is 5.91 Å². The van der Waals surface area contributed by atoms with Crippen LogP contribution in [0.3, 0.4) is 0 Å². The van der Waals surface area contributed by atoms with Crippen LogP contribution in [0.2, 0.25) is 0 Å². The van der Waals surface area contributed by atoms with Crippen molar-refractivity contribution in [3.63, 3.8) is 0 Å². The fourth-order valence-corrected chi connectivity index (χ4v) is 5.91. The SMILES string of the molecule is CC(C)(C)C1CCN(C(=O)C2CCN(C3CCC(NI)CC3)CC2)CC1. The summed E-state index contributed by atoms with van der Waals surface area (Å²) in [4.78, 5) is 17.8. The normalized spacial score (nSPS) is 30.5. The molecule has 1 saturated carbocycles. The lowest BCUT2D eigenvalue weighted by Crippen LogP contribution is -2.49. The summed E-state index contributed by atoms with van der Waals surface area (Å²) in [6.45, 7) is 11.2. The first kappa shape index (κ1) is 20.8. The zero-order valence-electron chi connectivity index (χ0n) is 17.0. The average Bonchev–Trinajstić information content (AvgIpc) is 2.67.